The molecule has 3 rings (SSSR count). The highest BCUT2D eigenvalue weighted by atomic mass is 35.5. The van der Waals surface area contributed by atoms with E-state index >= 15 is 0 Å². The zero-order valence-electron chi connectivity index (χ0n) is 18.8. The van der Waals surface area contributed by atoms with Gasteiger partial charge in [0.2, 0.25) is 0 Å². The molecule has 0 bridgehead atoms. The van der Waals surface area contributed by atoms with Crippen LogP contribution in [0, 0.1) is 5.41 Å². The standard InChI is InChI=1S/C21H34N2O.C2H4O2.2ClH/c1-17-14-21(24,18-10-6-4-7-11-18)20(2,16-23(17)3)15-19-12-8-5-9-13-22-19;1-2(3)4;;/h4,6-7,10-11,17,19,22,24H,5,8-9,12-16H2,1-3H3;1H3,(H,3,4);2*1H. The number of piperidine rings is 1. The number of halogens is 2. The fourth-order valence-electron chi connectivity index (χ4n) is 4.90. The Kier molecular flexibility index (Phi) is 12.5. The third kappa shape index (κ3) is 7.38. The molecule has 2 fully saturated rings. The predicted molar refractivity (Wildman–Crippen MR) is 128 cm³/mol. The molecule has 2 saturated heterocycles. The van der Waals surface area contributed by atoms with Gasteiger partial charge in [0, 0.05) is 31.0 Å². The Labute approximate surface area is 194 Å². The van der Waals surface area contributed by atoms with Crippen LogP contribution in [0.2, 0.25) is 0 Å². The zero-order valence-corrected chi connectivity index (χ0v) is 20.4. The Morgan fingerprint density at radius 2 is 1.80 bits per heavy atom. The number of likely N-dealkylation sites (tertiary alicyclic amines) is 1. The molecule has 3 N–H and O–H groups in total. The minimum absolute atomic E-state index is 0. The number of hydrogen-bond donors (Lipinski definition) is 3. The fourth-order valence-corrected chi connectivity index (χ4v) is 4.90. The van der Waals surface area contributed by atoms with Crippen molar-refractivity contribution in [2.45, 2.75) is 77.0 Å². The molecular weight excluding hydrogens is 423 g/mol. The van der Waals surface area contributed by atoms with Crippen LogP contribution in [0.4, 0.5) is 0 Å². The number of carboxylic acids is 1. The van der Waals surface area contributed by atoms with Crippen molar-refractivity contribution >= 4 is 30.8 Å². The summed E-state index contributed by atoms with van der Waals surface area (Å²) in [6.45, 7) is 7.68. The number of carboxylic acid groups (broad SMARTS) is 1. The SMILES string of the molecule is CC(=O)O.CC1CC(O)(c2ccccc2)C(C)(CC2CCCCCN2)CN1C.Cl.Cl. The van der Waals surface area contributed by atoms with Crippen LogP contribution in [-0.4, -0.2) is 53.3 Å². The summed E-state index contributed by atoms with van der Waals surface area (Å²) in [5.74, 6) is -0.833. The van der Waals surface area contributed by atoms with Crippen molar-refractivity contribution in [3.63, 3.8) is 0 Å². The third-order valence-electron chi connectivity index (χ3n) is 6.55. The second-order valence-electron chi connectivity index (χ2n) is 8.98. The average molecular weight is 463 g/mol. The summed E-state index contributed by atoms with van der Waals surface area (Å²) >= 11 is 0. The highest BCUT2D eigenvalue weighted by molar-refractivity contribution is 5.85. The third-order valence-corrected chi connectivity index (χ3v) is 6.55. The van der Waals surface area contributed by atoms with E-state index in [0.717, 1.165) is 38.4 Å². The fraction of sp³-hybridized carbons (Fsp3) is 0.696. The summed E-state index contributed by atoms with van der Waals surface area (Å²) in [6.07, 6.45) is 7.00. The quantitative estimate of drug-likeness (QED) is 0.617. The lowest BCUT2D eigenvalue weighted by Crippen LogP contribution is -2.60. The molecule has 174 valence electrons. The number of aliphatic carboxylic acids is 1. The lowest BCUT2D eigenvalue weighted by Gasteiger charge is -2.55. The molecule has 0 saturated carbocycles. The Balaban J connectivity index is 0.00000129. The van der Waals surface area contributed by atoms with Gasteiger partial charge in [-0.15, -0.1) is 24.8 Å². The van der Waals surface area contributed by atoms with E-state index in [1.54, 1.807) is 0 Å². The summed E-state index contributed by atoms with van der Waals surface area (Å²) in [5.41, 5.74) is 0.187. The van der Waals surface area contributed by atoms with Gasteiger partial charge in [-0.3, -0.25) is 4.79 Å². The van der Waals surface area contributed by atoms with Gasteiger partial charge < -0.3 is 20.4 Å². The molecule has 0 aromatic heterocycles. The second-order valence-corrected chi connectivity index (χ2v) is 8.98. The monoisotopic (exact) mass is 462 g/mol. The van der Waals surface area contributed by atoms with Gasteiger partial charge in [0.1, 0.15) is 0 Å². The Hall–Kier alpha value is -0.850. The highest BCUT2D eigenvalue weighted by Crippen LogP contribution is 2.50. The summed E-state index contributed by atoms with van der Waals surface area (Å²) in [5, 5.41) is 23.1. The number of hydrogen-bond acceptors (Lipinski definition) is 4. The van der Waals surface area contributed by atoms with Crippen molar-refractivity contribution < 1.29 is 15.0 Å². The van der Waals surface area contributed by atoms with E-state index in [4.69, 9.17) is 9.90 Å². The van der Waals surface area contributed by atoms with Crippen molar-refractivity contribution in [3.05, 3.63) is 35.9 Å². The van der Waals surface area contributed by atoms with E-state index in [1.165, 1.54) is 25.7 Å². The first-order chi connectivity index (χ1) is 13.2. The van der Waals surface area contributed by atoms with Crippen LogP contribution in [-0.2, 0) is 10.4 Å². The molecule has 0 radical (unpaired) electrons. The van der Waals surface area contributed by atoms with Gasteiger partial charge in [0.25, 0.3) is 5.97 Å². The number of aliphatic hydroxyl groups is 1. The van der Waals surface area contributed by atoms with Gasteiger partial charge in [-0.1, -0.05) is 50.1 Å². The molecule has 0 amide bonds. The molecule has 0 spiro atoms. The lowest BCUT2D eigenvalue weighted by molar-refractivity contribution is -0.151. The zero-order chi connectivity index (χ0) is 20.8. The van der Waals surface area contributed by atoms with E-state index < -0.39 is 11.6 Å². The Bertz CT molecular complexity index is 622. The van der Waals surface area contributed by atoms with E-state index in [2.05, 4.69) is 55.4 Å². The van der Waals surface area contributed by atoms with Gasteiger partial charge in [0.05, 0.1) is 5.60 Å². The summed E-state index contributed by atoms with van der Waals surface area (Å²) in [7, 11) is 2.20. The van der Waals surface area contributed by atoms with E-state index in [9.17, 15) is 5.11 Å². The number of nitrogens with one attached hydrogen (secondary N) is 1. The average Bonchev–Trinajstić information content (AvgIpc) is 2.89. The highest BCUT2D eigenvalue weighted by Gasteiger charge is 2.53. The van der Waals surface area contributed by atoms with Gasteiger partial charge in [-0.25, -0.2) is 0 Å². The van der Waals surface area contributed by atoms with Gasteiger partial charge in [-0.05, 0) is 51.8 Å². The van der Waals surface area contributed by atoms with Crippen LogP contribution < -0.4 is 5.32 Å². The molecular formula is C23H40Cl2N2O3. The van der Waals surface area contributed by atoms with Gasteiger partial charge >= 0.3 is 0 Å². The molecule has 1 aromatic carbocycles. The van der Waals surface area contributed by atoms with Crippen LogP contribution in [0.5, 0.6) is 0 Å². The van der Waals surface area contributed by atoms with Crippen LogP contribution >= 0.6 is 24.8 Å². The first kappa shape index (κ1) is 29.1. The van der Waals surface area contributed by atoms with Crippen molar-refractivity contribution in [3.8, 4) is 0 Å². The molecule has 7 heteroatoms. The molecule has 4 atom stereocenters. The maximum atomic E-state index is 11.9. The van der Waals surface area contributed by atoms with Crippen molar-refractivity contribution in [2.24, 2.45) is 5.41 Å². The normalized spacial score (nSPS) is 31.8. The number of nitrogens with zero attached hydrogens (tertiary/aromatic N) is 1. The van der Waals surface area contributed by atoms with Crippen LogP contribution in [0.1, 0.15) is 64.9 Å². The lowest BCUT2D eigenvalue weighted by atomic mass is 9.61. The van der Waals surface area contributed by atoms with Crippen molar-refractivity contribution in [1.82, 2.24) is 10.2 Å². The molecule has 2 heterocycles. The van der Waals surface area contributed by atoms with Gasteiger partial charge in [0.15, 0.2) is 0 Å². The molecule has 2 aliphatic heterocycles. The Morgan fingerprint density at radius 1 is 1.20 bits per heavy atom. The van der Waals surface area contributed by atoms with Crippen LogP contribution in [0.25, 0.3) is 0 Å². The summed E-state index contributed by atoms with van der Waals surface area (Å²) in [4.78, 5) is 11.4. The predicted octanol–water partition coefficient (Wildman–Crippen LogP) is 4.46. The second kappa shape index (κ2) is 12.9. The summed E-state index contributed by atoms with van der Waals surface area (Å²) < 4.78 is 0. The topological polar surface area (TPSA) is 72.8 Å². The van der Waals surface area contributed by atoms with Crippen LogP contribution in [0.15, 0.2) is 30.3 Å². The molecule has 30 heavy (non-hydrogen) atoms. The van der Waals surface area contributed by atoms with E-state index in [0.29, 0.717) is 12.1 Å². The number of rotatable bonds is 3. The van der Waals surface area contributed by atoms with Crippen molar-refractivity contribution in [2.75, 3.05) is 20.1 Å². The largest absolute Gasteiger partial charge is 0.481 e. The van der Waals surface area contributed by atoms with Crippen LogP contribution in [0.3, 0.4) is 0 Å². The Morgan fingerprint density at radius 3 is 2.40 bits per heavy atom. The molecule has 2 aliphatic rings. The maximum Gasteiger partial charge on any atom is 0.300 e. The van der Waals surface area contributed by atoms with Crippen molar-refractivity contribution in [1.29, 1.82) is 0 Å². The minimum atomic E-state index is -0.833. The van der Waals surface area contributed by atoms with E-state index in [1.807, 2.05) is 6.07 Å². The minimum Gasteiger partial charge on any atom is -0.481 e. The maximum absolute atomic E-state index is 11.9. The first-order valence-corrected chi connectivity index (χ1v) is 10.6. The van der Waals surface area contributed by atoms with Gasteiger partial charge in [-0.2, -0.15) is 0 Å². The number of benzene rings is 1. The smallest absolute Gasteiger partial charge is 0.300 e. The summed E-state index contributed by atoms with van der Waals surface area (Å²) in [6, 6.07) is 11.3. The number of carbonyl (C=O) groups is 1. The molecule has 5 nitrogen and oxygen atoms in total. The first-order valence-electron chi connectivity index (χ1n) is 10.6. The molecule has 1 aromatic rings. The molecule has 4 unspecified atom stereocenters. The molecule has 0 aliphatic carbocycles. The van der Waals surface area contributed by atoms with E-state index in [-0.39, 0.29) is 30.2 Å².